The molecule has 2 saturated heterocycles. The van der Waals surface area contributed by atoms with Crippen molar-refractivity contribution < 1.29 is 33.2 Å². The van der Waals surface area contributed by atoms with Crippen LogP contribution in [0.2, 0.25) is 0 Å². The van der Waals surface area contributed by atoms with Gasteiger partial charge in [-0.3, -0.25) is 4.57 Å². The van der Waals surface area contributed by atoms with Gasteiger partial charge in [-0.05, 0) is 66.8 Å². The third-order valence-electron chi connectivity index (χ3n) is 13.2. The van der Waals surface area contributed by atoms with E-state index in [0.717, 1.165) is 63.5 Å². The average molecular weight is 919 g/mol. The van der Waals surface area contributed by atoms with E-state index in [-0.39, 0.29) is 18.4 Å². The van der Waals surface area contributed by atoms with Crippen LogP contribution in [-0.4, -0.2) is 82.7 Å². The molecule has 0 amide bonds. The number of hydrogen-bond donors (Lipinski definition) is 0. The summed E-state index contributed by atoms with van der Waals surface area (Å²) in [6.45, 7) is 0.673. The molecule has 4 aliphatic rings. The smallest absolute Gasteiger partial charge is 0.184 e. The monoisotopic (exact) mass is 918 g/mol. The molecule has 12 rings (SSSR count). The van der Waals surface area contributed by atoms with Crippen molar-refractivity contribution in [3.05, 3.63) is 192 Å². The summed E-state index contributed by atoms with van der Waals surface area (Å²) in [5, 5.41) is 0. The zero-order valence-electron chi connectivity index (χ0n) is 38.2. The number of benzene rings is 6. The van der Waals surface area contributed by atoms with Crippen molar-refractivity contribution >= 4 is 23.3 Å². The second kappa shape index (κ2) is 18.5. The lowest BCUT2D eigenvalue weighted by molar-refractivity contribution is -0.213. The van der Waals surface area contributed by atoms with Crippen LogP contribution in [0.4, 0.5) is 5.82 Å². The van der Waals surface area contributed by atoms with Crippen LogP contribution < -0.4 is 18.9 Å². The fraction of sp³-hybridized carbons (Fsp3) is 0.250. The zero-order chi connectivity index (χ0) is 46.3. The average Bonchev–Trinajstić information content (AvgIpc) is 3.97. The third-order valence-corrected chi connectivity index (χ3v) is 13.2. The molecule has 13 nitrogen and oxygen atoms in total. The lowest BCUT2D eigenvalue weighted by atomic mass is 9.82. The number of ether oxygens (including phenoxy) is 7. The van der Waals surface area contributed by atoms with E-state index in [9.17, 15) is 0 Å². The summed E-state index contributed by atoms with van der Waals surface area (Å²) in [5.41, 5.74) is 7.21. The Morgan fingerprint density at radius 2 is 1.29 bits per heavy atom. The first-order valence-corrected chi connectivity index (χ1v) is 23.5. The Labute approximate surface area is 399 Å². The minimum absolute atomic E-state index is 0.0859. The number of para-hydroxylation sites is 2. The maximum Gasteiger partial charge on any atom is 0.184 e. The Morgan fingerprint density at radius 1 is 0.667 bits per heavy atom. The van der Waals surface area contributed by atoms with E-state index in [1.54, 1.807) is 12.7 Å². The van der Waals surface area contributed by atoms with Gasteiger partial charge < -0.3 is 38.1 Å². The van der Waals surface area contributed by atoms with Crippen LogP contribution in [0.1, 0.15) is 70.7 Å². The Kier molecular flexibility index (Phi) is 11.5. The molecule has 0 aliphatic carbocycles. The van der Waals surface area contributed by atoms with Crippen molar-refractivity contribution in [2.24, 2.45) is 4.99 Å². The van der Waals surface area contributed by atoms with Gasteiger partial charge in [-0.25, -0.2) is 19.9 Å². The summed E-state index contributed by atoms with van der Waals surface area (Å²) < 4.78 is 50.4. The minimum Gasteiger partial charge on any atom is -0.490 e. The molecule has 6 heterocycles. The van der Waals surface area contributed by atoms with Gasteiger partial charge in [0.15, 0.2) is 35.6 Å². The van der Waals surface area contributed by atoms with Gasteiger partial charge in [0.05, 0.1) is 12.7 Å². The fourth-order valence-electron chi connectivity index (χ4n) is 10.1. The van der Waals surface area contributed by atoms with Crippen molar-refractivity contribution in [2.45, 2.75) is 61.9 Å². The highest BCUT2D eigenvalue weighted by Gasteiger charge is 2.51. The number of rotatable bonds is 12. The molecule has 0 bridgehead atoms. The number of fused-ring (bicyclic) bond motifs is 5. The van der Waals surface area contributed by atoms with E-state index in [4.69, 9.17) is 43.1 Å². The summed E-state index contributed by atoms with van der Waals surface area (Å²) in [5.74, 6) is 4.45. The van der Waals surface area contributed by atoms with Crippen molar-refractivity contribution in [2.75, 3.05) is 27.3 Å². The molecule has 13 heteroatoms. The van der Waals surface area contributed by atoms with E-state index in [1.165, 1.54) is 6.33 Å². The van der Waals surface area contributed by atoms with Gasteiger partial charge in [0.2, 0.25) is 0 Å². The normalized spacial score (nSPS) is 22.4. The number of nitrogens with zero attached hydrogens (tertiary/aromatic N) is 6. The van der Waals surface area contributed by atoms with Crippen LogP contribution in [-0.2, 0) is 14.2 Å². The maximum absolute atomic E-state index is 7.49. The minimum atomic E-state index is -0.793. The van der Waals surface area contributed by atoms with Crippen LogP contribution >= 0.6 is 0 Å². The summed E-state index contributed by atoms with van der Waals surface area (Å²) >= 11 is 0. The molecule has 0 spiro atoms. The lowest BCUT2D eigenvalue weighted by Crippen LogP contribution is -2.44. The van der Waals surface area contributed by atoms with E-state index in [0.29, 0.717) is 47.3 Å². The van der Waals surface area contributed by atoms with Crippen LogP contribution in [0.25, 0.3) is 11.2 Å². The van der Waals surface area contributed by atoms with Crippen LogP contribution in [0.5, 0.6) is 34.5 Å². The number of aliphatic imine (C=N–C) groups is 1. The van der Waals surface area contributed by atoms with Gasteiger partial charge >= 0.3 is 0 Å². The predicted octanol–water partition coefficient (Wildman–Crippen LogP) is 11.0. The Balaban J connectivity index is 0.978. The Morgan fingerprint density at radius 3 is 1.94 bits per heavy atom. The largest absolute Gasteiger partial charge is 0.490 e. The molecule has 69 heavy (non-hydrogen) atoms. The molecule has 346 valence electrons. The van der Waals surface area contributed by atoms with Crippen LogP contribution in [0, 0.1) is 0 Å². The third kappa shape index (κ3) is 8.11. The summed E-state index contributed by atoms with van der Waals surface area (Å²) in [6.07, 6.45) is 4.02. The summed E-state index contributed by atoms with van der Waals surface area (Å²) in [7, 11) is 3.81. The SMILES string of the molecule is CN(C)C=Nc1ncnc2c1ncn2[C@@H]1O[C@H](COc2cccc3c2C(c2ccccc2)c2ccccc2O3)[C@@H](Oc2cccc3c2C(c2ccccc2)c2ccccc2O3)[C@H]1OC1CCCCO1. The van der Waals surface area contributed by atoms with Crippen molar-refractivity contribution in [3.8, 4) is 34.5 Å². The highest BCUT2D eigenvalue weighted by molar-refractivity contribution is 5.83. The molecule has 7 atom stereocenters. The molecule has 6 aromatic carbocycles. The highest BCUT2D eigenvalue weighted by Crippen LogP contribution is 2.53. The molecule has 3 unspecified atom stereocenters. The molecular formula is C56H50N6O7. The molecule has 2 aromatic heterocycles. The van der Waals surface area contributed by atoms with Gasteiger partial charge in [-0.2, -0.15) is 0 Å². The predicted molar refractivity (Wildman–Crippen MR) is 260 cm³/mol. The molecule has 0 radical (unpaired) electrons. The fourth-order valence-corrected chi connectivity index (χ4v) is 10.1. The molecule has 4 aliphatic heterocycles. The van der Waals surface area contributed by atoms with Gasteiger partial charge in [-0.1, -0.05) is 109 Å². The van der Waals surface area contributed by atoms with E-state index in [1.807, 2.05) is 108 Å². The quantitative estimate of drug-likeness (QED) is 0.0859. The molecule has 8 aromatic rings. The second-order valence-corrected chi connectivity index (χ2v) is 17.9. The van der Waals surface area contributed by atoms with Crippen LogP contribution in [0.15, 0.2) is 163 Å². The zero-order valence-corrected chi connectivity index (χ0v) is 38.2. The lowest BCUT2D eigenvalue weighted by Gasteiger charge is -2.34. The van der Waals surface area contributed by atoms with Gasteiger partial charge in [0, 0.05) is 54.8 Å². The molecular weight excluding hydrogens is 869 g/mol. The van der Waals surface area contributed by atoms with Gasteiger partial charge in [0.1, 0.15) is 59.6 Å². The first-order valence-electron chi connectivity index (χ1n) is 23.5. The summed E-state index contributed by atoms with van der Waals surface area (Å²) in [4.78, 5) is 20.5. The first kappa shape index (κ1) is 42.8. The second-order valence-electron chi connectivity index (χ2n) is 17.9. The molecule has 0 saturated carbocycles. The summed E-state index contributed by atoms with van der Waals surface area (Å²) in [6, 6.07) is 49.3. The Hall–Kier alpha value is -7.58. The molecule has 2 fully saturated rings. The Bertz CT molecular complexity index is 3140. The van der Waals surface area contributed by atoms with Crippen LogP contribution in [0.3, 0.4) is 0 Å². The number of imidazole rings is 1. The van der Waals surface area contributed by atoms with Gasteiger partial charge in [0.25, 0.3) is 0 Å². The highest BCUT2D eigenvalue weighted by atomic mass is 16.7. The maximum atomic E-state index is 7.49. The van der Waals surface area contributed by atoms with Gasteiger partial charge in [-0.15, -0.1) is 0 Å². The standard InChI is InChI=1S/C56H50N6O7/c1-61(2)33-60-54-51-55(58-32-57-54)62(34-59-51)56-53(69-46-29-13-14-30-63-46)52(67-44-28-16-27-43-50(44)48(36-19-7-4-8-20-36)38-22-10-12-24-40(38)66-43)45(68-56)31-64-41-25-15-26-42-49(41)47(35-17-5-3-6-18-35)37-21-9-11-23-39(37)65-42/h3-12,15-28,32-34,45-48,52-53,56H,13-14,29-31H2,1-2H3/t45-,46?,47?,48?,52-,53-,56-/m1/s1. The first-order chi connectivity index (χ1) is 34.1. The number of hydrogen-bond acceptors (Lipinski definition) is 11. The van der Waals surface area contributed by atoms with E-state index >= 15 is 0 Å². The van der Waals surface area contributed by atoms with Crippen molar-refractivity contribution in [1.82, 2.24) is 24.4 Å². The van der Waals surface area contributed by atoms with Crippen molar-refractivity contribution in [3.63, 3.8) is 0 Å². The molecule has 0 N–H and O–H groups in total. The topological polar surface area (TPSA) is 124 Å². The van der Waals surface area contributed by atoms with E-state index in [2.05, 4.69) is 70.6 Å². The number of aromatic nitrogens is 4. The van der Waals surface area contributed by atoms with Crippen molar-refractivity contribution in [1.29, 1.82) is 0 Å². The van der Waals surface area contributed by atoms with E-state index < -0.39 is 30.8 Å².